The van der Waals surface area contributed by atoms with Crippen molar-refractivity contribution in [1.29, 1.82) is 0 Å². The van der Waals surface area contributed by atoms with Crippen LogP contribution in [0.4, 0.5) is 5.69 Å². The number of benzene rings is 4. The van der Waals surface area contributed by atoms with E-state index in [1.165, 1.54) is 0 Å². The van der Waals surface area contributed by atoms with Gasteiger partial charge in [0.15, 0.2) is 11.6 Å². The second-order valence-corrected chi connectivity index (χ2v) is 10.5. The van der Waals surface area contributed by atoms with Gasteiger partial charge in [0.25, 0.3) is 0 Å². The minimum Gasteiger partial charge on any atom is -0.325 e. The number of ketones is 2. The molecule has 3 heterocycles. The first-order chi connectivity index (χ1) is 19.0. The van der Waals surface area contributed by atoms with Gasteiger partial charge < -0.3 is 5.32 Å². The number of amides is 1. The largest absolute Gasteiger partial charge is 0.325 e. The molecule has 0 aromatic heterocycles. The topological polar surface area (TPSA) is 78.8 Å². The number of hydrazone groups is 1. The molecular formula is C32H22ClN3O3. The van der Waals surface area contributed by atoms with Crippen LogP contribution in [0.5, 0.6) is 0 Å². The number of para-hydroxylation sites is 1. The summed E-state index contributed by atoms with van der Waals surface area (Å²) in [5.74, 6) is -1.94. The average molecular weight is 532 g/mol. The predicted molar refractivity (Wildman–Crippen MR) is 149 cm³/mol. The van der Waals surface area contributed by atoms with E-state index < -0.39 is 23.4 Å². The van der Waals surface area contributed by atoms with E-state index in [-0.39, 0.29) is 17.5 Å². The third kappa shape index (κ3) is 3.28. The molecule has 4 aromatic rings. The molecule has 1 spiro atoms. The predicted octanol–water partition coefficient (Wildman–Crippen LogP) is 5.68. The van der Waals surface area contributed by atoms with E-state index in [9.17, 15) is 14.4 Å². The number of halogens is 1. The highest BCUT2D eigenvalue weighted by Crippen LogP contribution is 2.61. The molecule has 3 aliphatic rings. The van der Waals surface area contributed by atoms with Crippen LogP contribution in [0.2, 0.25) is 5.02 Å². The van der Waals surface area contributed by atoms with Crippen LogP contribution in [0.1, 0.15) is 43.4 Å². The Hall–Kier alpha value is -4.55. The van der Waals surface area contributed by atoms with E-state index in [0.29, 0.717) is 27.4 Å². The fraction of sp³-hybridized carbons (Fsp3) is 0.125. The number of nitrogens with zero attached hydrogens (tertiary/aromatic N) is 2. The zero-order valence-corrected chi connectivity index (χ0v) is 21.4. The molecule has 1 amide bonds. The Morgan fingerprint density at radius 2 is 1.46 bits per heavy atom. The molecule has 0 radical (unpaired) electrons. The van der Waals surface area contributed by atoms with Crippen molar-refractivity contribution in [2.75, 3.05) is 5.32 Å². The van der Waals surface area contributed by atoms with Gasteiger partial charge in [-0.05, 0) is 47.0 Å². The lowest BCUT2D eigenvalue weighted by molar-refractivity contribution is -0.122. The van der Waals surface area contributed by atoms with Crippen LogP contribution in [0.15, 0.2) is 108 Å². The third-order valence-corrected chi connectivity index (χ3v) is 8.39. The maximum Gasteiger partial charge on any atom is 0.238 e. The second-order valence-electron chi connectivity index (χ2n) is 10.0. The summed E-state index contributed by atoms with van der Waals surface area (Å²) >= 11 is 6.12. The van der Waals surface area contributed by atoms with E-state index in [4.69, 9.17) is 16.7 Å². The number of carbonyl (C=O) groups excluding carboxylic acids is 3. The van der Waals surface area contributed by atoms with Crippen LogP contribution in [0.3, 0.4) is 0 Å². The highest BCUT2D eigenvalue weighted by atomic mass is 35.5. The van der Waals surface area contributed by atoms with Crippen molar-refractivity contribution >= 4 is 41.0 Å². The maximum absolute atomic E-state index is 14.6. The lowest BCUT2D eigenvalue weighted by Gasteiger charge is -2.37. The summed E-state index contributed by atoms with van der Waals surface area (Å²) in [4.78, 5) is 43.3. The Morgan fingerprint density at radius 1 is 0.795 bits per heavy atom. The molecule has 1 fully saturated rings. The van der Waals surface area contributed by atoms with Gasteiger partial charge in [-0.25, -0.2) is 0 Å². The first kappa shape index (κ1) is 23.6. The van der Waals surface area contributed by atoms with Crippen molar-refractivity contribution in [3.05, 3.63) is 136 Å². The van der Waals surface area contributed by atoms with E-state index in [0.717, 1.165) is 11.1 Å². The monoisotopic (exact) mass is 531 g/mol. The number of rotatable bonds is 4. The second kappa shape index (κ2) is 8.75. The van der Waals surface area contributed by atoms with Gasteiger partial charge in [0, 0.05) is 21.8 Å². The molecule has 1 saturated heterocycles. The smallest absolute Gasteiger partial charge is 0.238 e. The number of carbonyl (C=O) groups is 3. The molecule has 6 nitrogen and oxygen atoms in total. The standard InChI is InChI=1S/C32H22ClN3O3/c33-22-16-14-20(15-17-22)29(38)27-26(28(37)19-8-2-1-3-9-19)32(24-12-6-7-13-25(24)35-31(32)39)30-23-11-5-4-10-21(23)18-34-36(27)30/h1-18,26-27,30H,(H,35,39)/t26-,27-,30+,32+/m0/s1. The van der Waals surface area contributed by atoms with E-state index in [2.05, 4.69) is 5.32 Å². The summed E-state index contributed by atoms with van der Waals surface area (Å²) in [5.41, 5.74) is 2.45. The van der Waals surface area contributed by atoms with Crippen molar-refractivity contribution in [3.8, 4) is 0 Å². The molecule has 0 unspecified atom stereocenters. The van der Waals surface area contributed by atoms with Gasteiger partial charge in [-0.3, -0.25) is 19.4 Å². The van der Waals surface area contributed by atoms with Crippen LogP contribution in [0.25, 0.3) is 0 Å². The molecule has 190 valence electrons. The minimum absolute atomic E-state index is 0.281. The highest BCUT2D eigenvalue weighted by molar-refractivity contribution is 6.30. The third-order valence-electron chi connectivity index (χ3n) is 8.14. The molecule has 4 aromatic carbocycles. The summed E-state index contributed by atoms with van der Waals surface area (Å²) in [7, 11) is 0. The van der Waals surface area contributed by atoms with Crippen molar-refractivity contribution in [3.63, 3.8) is 0 Å². The van der Waals surface area contributed by atoms with Crippen LogP contribution < -0.4 is 5.32 Å². The van der Waals surface area contributed by atoms with Gasteiger partial charge in [-0.2, -0.15) is 5.10 Å². The molecule has 7 rings (SSSR count). The van der Waals surface area contributed by atoms with E-state index in [1.54, 1.807) is 59.8 Å². The normalized spacial score (nSPS) is 24.2. The Morgan fingerprint density at radius 3 is 2.26 bits per heavy atom. The molecular weight excluding hydrogens is 510 g/mol. The molecule has 0 aliphatic carbocycles. The maximum atomic E-state index is 14.6. The van der Waals surface area contributed by atoms with E-state index >= 15 is 0 Å². The van der Waals surface area contributed by atoms with Gasteiger partial charge in [-0.15, -0.1) is 0 Å². The molecule has 39 heavy (non-hydrogen) atoms. The number of anilines is 1. The van der Waals surface area contributed by atoms with Gasteiger partial charge in [0.05, 0.1) is 18.2 Å². The lowest BCUT2D eigenvalue weighted by atomic mass is 9.62. The zero-order chi connectivity index (χ0) is 26.7. The fourth-order valence-corrected chi connectivity index (χ4v) is 6.67. The molecule has 7 heteroatoms. The van der Waals surface area contributed by atoms with Crippen LogP contribution in [0, 0.1) is 5.92 Å². The first-order valence-electron chi connectivity index (χ1n) is 12.7. The number of hydrogen-bond donors (Lipinski definition) is 1. The van der Waals surface area contributed by atoms with Gasteiger partial charge in [0.2, 0.25) is 5.91 Å². The van der Waals surface area contributed by atoms with Crippen LogP contribution in [-0.4, -0.2) is 34.7 Å². The summed E-state index contributed by atoms with van der Waals surface area (Å²) in [6.45, 7) is 0. The summed E-state index contributed by atoms with van der Waals surface area (Å²) < 4.78 is 0. The lowest BCUT2D eigenvalue weighted by Crippen LogP contribution is -2.49. The van der Waals surface area contributed by atoms with Crippen molar-refractivity contribution in [2.45, 2.75) is 17.5 Å². The molecule has 0 bridgehead atoms. The quantitative estimate of drug-likeness (QED) is 0.343. The minimum atomic E-state index is -1.40. The average Bonchev–Trinajstić information content (AvgIpc) is 3.45. The van der Waals surface area contributed by atoms with Crippen molar-refractivity contribution in [1.82, 2.24) is 5.01 Å². The molecule has 1 N–H and O–H groups in total. The molecule has 0 saturated carbocycles. The Bertz CT molecular complexity index is 1680. The highest BCUT2D eigenvalue weighted by Gasteiger charge is 2.71. The number of Topliss-reactive ketones (excluding diaryl/α,β-unsaturated/α-hetero) is 2. The first-order valence-corrected chi connectivity index (χ1v) is 13.1. The fourth-order valence-electron chi connectivity index (χ4n) is 6.54. The summed E-state index contributed by atoms with van der Waals surface area (Å²) in [6, 6.07) is 28.9. The summed E-state index contributed by atoms with van der Waals surface area (Å²) in [5, 5.41) is 9.98. The number of nitrogens with one attached hydrogen (secondary N) is 1. The Labute approximate surface area is 229 Å². The molecule has 4 atom stereocenters. The van der Waals surface area contributed by atoms with E-state index in [1.807, 2.05) is 54.6 Å². The zero-order valence-electron chi connectivity index (χ0n) is 20.6. The summed E-state index contributed by atoms with van der Waals surface area (Å²) in [6.07, 6.45) is 1.70. The van der Waals surface area contributed by atoms with Gasteiger partial charge >= 0.3 is 0 Å². The van der Waals surface area contributed by atoms with Crippen LogP contribution >= 0.6 is 11.6 Å². The Balaban J connectivity index is 1.54. The van der Waals surface area contributed by atoms with Gasteiger partial charge in [0.1, 0.15) is 11.5 Å². The van der Waals surface area contributed by atoms with Crippen molar-refractivity contribution < 1.29 is 14.4 Å². The van der Waals surface area contributed by atoms with Crippen LogP contribution in [-0.2, 0) is 10.2 Å². The number of fused-ring (bicyclic) bond motifs is 6. The van der Waals surface area contributed by atoms with Crippen molar-refractivity contribution in [2.24, 2.45) is 11.0 Å². The SMILES string of the molecule is O=C(c1ccc(Cl)cc1)[C@@H]1[C@@H](C(=O)c2ccccc2)[C@@]2(C(=O)Nc3ccccc32)[C@H]2c3ccccc3C=NN12. The molecule has 3 aliphatic heterocycles. The Kier molecular flexibility index (Phi) is 5.28. The number of hydrogen-bond acceptors (Lipinski definition) is 5. The van der Waals surface area contributed by atoms with Gasteiger partial charge in [-0.1, -0.05) is 84.4 Å².